The summed E-state index contributed by atoms with van der Waals surface area (Å²) in [5.41, 5.74) is 1.60. The molecule has 0 radical (unpaired) electrons. The lowest BCUT2D eigenvalue weighted by Gasteiger charge is -2.14. The van der Waals surface area contributed by atoms with Crippen LogP contribution in [0.15, 0.2) is 17.7 Å². The largest absolute Gasteiger partial charge is 0.454 e. The van der Waals surface area contributed by atoms with Gasteiger partial charge in [0, 0.05) is 6.04 Å². The summed E-state index contributed by atoms with van der Waals surface area (Å²) in [4.78, 5) is 10.8. The molecule has 0 fully saturated rings. The minimum atomic E-state index is -0.398. The number of hydrogen-bond acceptors (Lipinski definition) is 5. The van der Waals surface area contributed by atoms with E-state index in [1.165, 1.54) is 6.07 Å². The van der Waals surface area contributed by atoms with Crippen LogP contribution in [0.4, 0.5) is 5.69 Å². The fraction of sp³-hybridized carbons (Fsp3) is 0.467. The van der Waals surface area contributed by atoms with Crippen LogP contribution in [0.5, 0.6) is 11.5 Å². The van der Waals surface area contributed by atoms with Crippen molar-refractivity contribution in [1.82, 2.24) is 5.32 Å². The van der Waals surface area contributed by atoms with Gasteiger partial charge < -0.3 is 14.8 Å². The first kappa shape index (κ1) is 15.3. The van der Waals surface area contributed by atoms with Gasteiger partial charge in [-0.2, -0.15) is 0 Å². The maximum Gasteiger partial charge on any atom is 0.280 e. The lowest BCUT2D eigenvalue weighted by Crippen LogP contribution is -2.27. The van der Waals surface area contributed by atoms with Gasteiger partial charge in [0.15, 0.2) is 11.5 Å². The van der Waals surface area contributed by atoms with Crippen molar-refractivity contribution in [3.05, 3.63) is 33.4 Å². The lowest BCUT2D eigenvalue weighted by atomic mass is 10.0. The molecule has 1 heterocycles. The van der Waals surface area contributed by atoms with Gasteiger partial charge in [-0.25, -0.2) is 0 Å². The number of nitrogens with zero attached hydrogens (tertiary/aromatic N) is 1. The SMILES string of the molecule is CCCNC(C)/C(C)=C/c1cc2c(cc1[N+](=O)[O-])OCO2. The fourth-order valence-corrected chi connectivity index (χ4v) is 2.11. The van der Waals surface area contributed by atoms with Gasteiger partial charge in [0.2, 0.25) is 6.79 Å². The minimum absolute atomic E-state index is 0.0290. The summed E-state index contributed by atoms with van der Waals surface area (Å²) in [6, 6.07) is 3.25. The van der Waals surface area contributed by atoms with Gasteiger partial charge in [-0.3, -0.25) is 10.1 Å². The number of hydrogen-bond donors (Lipinski definition) is 1. The molecule has 0 saturated carbocycles. The third-order valence-electron chi connectivity index (χ3n) is 3.49. The second-order valence-corrected chi connectivity index (χ2v) is 5.09. The molecule has 0 spiro atoms. The molecule has 0 bridgehead atoms. The van der Waals surface area contributed by atoms with Crippen molar-refractivity contribution in [2.45, 2.75) is 33.2 Å². The van der Waals surface area contributed by atoms with Crippen LogP contribution >= 0.6 is 0 Å². The Morgan fingerprint density at radius 3 is 2.76 bits per heavy atom. The summed E-state index contributed by atoms with van der Waals surface area (Å²) in [6.07, 6.45) is 2.87. The Kier molecular flexibility index (Phi) is 4.80. The smallest absolute Gasteiger partial charge is 0.280 e. The number of nitrogens with one attached hydrogen (secondary N) is 1. The maximum atomic E-state index is 11.2. The number of rotatable bonds is 6. The van der Waals surface area contributed by atoms with Gasteiger partial charge in [0.25, 0.3) is 5.69 Å². The summed E-state index contributed by atoms with van der Waals surface area (Å²) in [6.45, 7) is 7.12. The van der Waals surface area contributed by atoms with Crippen molar-refractivity contribution in [1.29, 1.82) is 0 Å². The first-order valence-electron chi connectivity index (χ1n) is 7.02. The van der Waals surface area contributed by atoms with Crippen molar-refractivity contribution in [2.75, 3.05) is 13.3 Å². The first-order valence-corrected chi connectivity index (χ1v) is 7.02. The average molecular weight is 292 g/mol. The van der Waals surface area contributed by atoms with Crippen LogP contribution in [0.1, 0.15) is 32.8 Å². The zero-order valence-corrected chi connectivity index (χ0v) is 12.5. The van der Waals surface area contributed by atoms with E-state index in [1.54, 1.807) is 6.07 Å². The minimum Gasteiger partial charge on any atom is -0.454 e. The van der Waals surface area contributed by atoms with Gasteiger partial charge >= 0.3 is 0 Å². The van der Waals surface area contributed by atoms with E-state index < -0.39 is 4.92 Å². The topological polar surface area (TPSA) is 73.6 Å². The molecule has 0 aliphatic carbocycles. The third kappa shape index (κ3) is 3.52. The van der Waals surface area contributed by atoms with E-state index in [0.29, 0.717) is 17.1 Å². The summed E-state index contributed by atoms with van der Waals surface area (Å²) in [5, 5.41) is 14.6. The molecule has 0 aromatic heterocycles. The van der Waals surface area contributed by atoms with Gasteiger partial charge in [0.05, 0.1) is 16.6 Å². The molecule has 2 rings (SSSR count). The predicted molar refractivity (Wildman–Crippen MR) is 80.6 cm³/mol. The van der Waals surface area contributed by atoms with Crippen LogP contribution in [0.3, 0.4) is 0 Å². The molecule has 6 nitrogen and oxygen atoms in total. The molecule has 1 aromatic carbocycles. The second-order valence-electron chi connectivity index (χ2n) is 5.09. The molecule has 21 heavy (non-hydrogen) atoms. The highest BCUT2D eigenvalue weighted by Crippen LogP contribution is 2.38. The Balaban J connectivity index is 2.32. The Hall–Kier alpha value is -2.08. The standard InChI is InChI=1S/C15H20N2O4/c1-4-5-16-11(3)10(2)6-12-7-14-15(21-9-20-14)8-13(12)17(18)19/h6-8,11,16H,4-5,9H2,1-3H3/b10-6+. The second kappa shape index (κ2) is 6.58. The molecule has 1 aliphatic heterocycles. The van der Waals surface area contributed by atoms with Gasteiger partial charge in [0.1, 0.15) is 0 Å². The fourth-order valence-electron chi connectivity index (χ4n) is 2.11. The monoisotopic (exact) mass is 292 g/mol. The number of benzene rings is 1. The normalized spacial score (nSPS) is 15.1. The van der Waals surface area contributed by atoms with E-state index in [9.17, 15) is 10.1 Å². The van der Waals surface area contributed by atoms with E-state index in [0.717, 1.165) is 18.5 Å². The molecule has 0 saturated heterocycles. The Bertz CT molecular complexity index is 569. The van der Waals surface area contributed by atoms with E-state index in [1.807, 2.05) is 19.9 Å². The Morgan fingerprint density at radius 1 is 1.48 bits per heavy atom. The number of nitro groups is 1. The zero-order valence-electron chi connectivity index (χ0n) is 12.5. The molecular weight excluding hydrogens is 272 g/mol. The average Bonchev–Trinajstić information content (AvgIpc) is 2.90. The van der Waals surface area contributed by atoms with E-state index in [-0.39, 0.29) is 18.5 Å². The van der Waals surface area contributed by atoms with Crippen LogP contribution in [0.2, 0.25) is 0 Å². The predicted octanol–water partition coefficient (Wildman–Crippen LogP) is 3.11. The molecular formula is C15H20N2O4. The molecule has 114 valence electrons. The van der Waals surface area contributed by atoms with Gasteiger partial charge in [-0.1, -0.05) is 12.5 Å². The number of ether oxygens (including phenoxy) is 2. The molecule has 1 aromatic rings. The summed E-state index contributed by atoms with van der Waals surface area (Å²) >= 11 is 0. The van der Waals surface area contributed by atoms with Crippen LogP contribution in [-0.2, 0) is 0 Å². The summed E-state index contributed by atoms with van der Waals surface area (Å²) < 4.78 is 10.5. The first-order chi connectivity index (χ1) is 10.0. The molecule has 1 unspecified atom stereocenters. The van der Waals surface area contributed by atoms with Crippen LogP contribution in [0.25, 0.3) is 6.08 Å². The van der Waals surface area contributed by atoms with Crippen molar-refractivity contribution in [3.8, 4) is 11.5 Å². The van der Waals surface area contributed by atoms with Crippen molar-refractivity contribution in [3.63, 3.8) is 0 Å². The van der Waals surface area contributed by atoms with Crippen molar-refractivity contribution < 1.29 is 14.4 Å². The Labute approximate surface area is 123 Å². The zero-order chi connectivity index (χ0) is 15.4. The quantitative estimate of drug-likeness (QED) is 0.644. The molecule has 6 heteroatoms. The van der Waals surface area contributed by atoms with E-state index in [4.69, 9.17) is 9.47 Å². The van der Waals surface area contributed by atoms with Crippen LogP contribution in [-0.4, -0.2) is 24.3 Å². The Morgan fingerprint density at radius 2 is 2.14 bits per heavy atom. The number of nitro benzene ring substituents is 1. The van der Waals surface area contributed by atoms with E-state index >= 15 is 0 Å². The van der Waals surface area contributed by atoms with Crippen LogP contribution < -0.4 is 14.8 Å². The van der Waals surface area contributed by atoms with Crippen molar-refractivity contribution >= 4 is 11.8 Å². The molecule has 1 aliphatic rings. The third-order valence-corrected chi connectivity index (χ3v) is 3.49. The summed E-state index contributed by atoms with van der Waals surface area (Å²) in [7, 11) is 0. The summed E-state index contributed by atoms with van der Waals surface area (Å²) in [5.74, 6) is 0.975. The molecule has 1 atom stereocenters. The van der Waals surface area contributed by atoms with Gasteiger partial charge in [-0.15, -0.1) is 0 Å². The molecule has 1 N–H and O–H groups in total. The van der Waals surface area contributed by atoms with Gasteiger partial charge in [-0.05, 0) is 39.0 Å². The highest BCUT2D eigenvalue weighted by atomic mass is 16.7. The highest BCUT2D eigenvalue weighted by Gasteiger charge is 2.22. The maximum absolute atomic E-state index is 11.2. The van der Waals surface area contributed by atoms with E-state index in [2.05, 4.69) is 12.2 Å². The lowest BCUT2D eigenvalue weighted by molar-refractivity contribution is -0.385. The number of fused-ring (bicyclic) bond motifs is 1. The highest BCUT2D eigenvalue weighted by molar-refractivity contribution is 5.68. The van der Waals surface area contributed by atoms with Crippen molar-refractivity contribution in [2.24, 2.45) is 0 Å². The van der Waals surface area contributed by atoms with Crippen LogP contribution in [0, 0.1) is 10.1 Å². The molecule has 0 amide bonds.